The highest BCUT2D eigenvalue weighted by Gasteiger charge is 2.34. The molecule has 2 amide bonds. The molecule has 2 aromatic rings. The van der Waals surface area contributed by atoms with Crippen LogP contribution in [0.5, 0.6) is 0 Å². The number of amides is 2. The molecule has 0 unspecified atom stereocenters. The van der Waals surface area contributed by atoms with Crippen molar-refractivity contribution in [2.24, 2.45) is 5.92 Å². The van der Waals surface area contributed by atoms with Crippen molar-refractivity contribution in [2.45, 2.75) is 19.4 Å². The molecule has 8 heteroatoms. The Balaban J connectivity index is 1.47. The minimum atomic E-state index is -0.297. The van der Waals surface area contributed by atoms with Gasteiger partial charge in [0.05, 0.1) is 11.6 Å². The summed E-state index contributed by atoms with van der Waals surface area (Å²) in [4.78, 5) is 34.2. The molecule has 3 rings (SSSR count). The van der Waals surface area contributed by atoms with E-state index in [1.54, 1.807) is 17.3 Å². The molecule has 0 aromatic carbocycles. The average Bonchev–Trinajstić information content (AvgIpc) is 3.15. The number of likely N-dealkylation sites (tertiary alicyclic amines) is 1. The quantitative estimate of drug-likeness (QED) is 0.807. The van der Waals surface area contributed by atoms with E-state index in [0.717, 1.165) is 11.3 Å². The van der Waals surface area contributed by atoms with Gasteiger partial charge in [-0.15, -0.1) is 11.3 Å². The summed E-state index contributed by atoms with van der Waals surface area (Å²) in [5, 5.41) is 5.30. The largest absolute Gasteiger partial charge is 0.375 e. The Morgan fingerprint density at radius 3 is 3.08 bits per heavy atom. The van der Waals surface area contributed by atoms with E-state index in [1.807, 2.05) is 17.5 Å². The lowest BCUT2D eigenvalue weighted by molar-refractivity contribution is -0.129. The van der Waals surface area contributed by atoms with Gasteiger partial charge in [-0.3, -0.25) is 14.6 Å². The zero-order chi connectivity index (χ0) is 16.9. The van der Waals surface area contributed by atoms with Gasteiger partial charge in [0.2, 0.25) is 11.8 Å². The highest BCUT2D eigenvalue weighted by Crippen LogP contribution is 2.20. The third kappa shape index (κ3) is 4.08. The molecule has 1 saturated heterocycles. The van der Waals surface area contributed by atoms with Gasteiger partial charge in [0.15, 0.2) is 5.13 Å². The first kappa shape index (κ1) is 16.4. The van der Waals surface area contributed by atoms with Crippen LogP contribution in [0.25, 0.3) is 0 Å². The Bertz CT molecular complexity index is 718. The van der Waals surface area contributed by atoms with Crippen LogP contribution < -0.4 is 11.1 Å². The number of carbonyl (C=O) groups excluding carboxylic acids is 2. The topological polar surface area (TPSA) is 101 Å². The molecule has 0 saturated carbocycles. The maximum Gasteiger partial charge on any atom is 0.225 e. The van der Waals surface area contributed by atoms with Gasteiger partial charge >= 0.3 is 0 Å². The fourth-order valence-corrected chi connectivity index (χ4v) is 3.31. The van der Waals surface area contributed by atoms with Crippen LogP contribution in [-0.4, -0.2) is 39.8 Å². The first-order valence-corrected chi connectivity index (χ1v) is 8.64. The smallest absolute Gasteiger partial charge is 0.225 e. The van der Waals surface area contributed by atoms with Crippen LogP contribution >= 0.6 is 11.3 Å². The summed E-state index contributed by atoms with van der Waals surface area (Å²) >= 11 is 1.39. The maximum absolute atomic E-state index is 12.2. The molecule has 0 spiro atoms. The van der Waals surface area contributed by atoms with Gasteiger partial charge in [0.1, 0.15) is 0 Å². The lowest BCUT2D eigenvalue weighted by Gasteiger charge is -2.16. The molecule has 2 aromatic heterocycles. The number of hydrogen-bond donors (Lipinski definition) is 2. The molecule has 1 atom stereocenters. The summed E-state index contributed by atoms with van der Waals surface area (Å²) in [5.74, 6) is -0.374. The number of hydrogen-bond acceptors (Lipinski definition) is 6. The van der Waals surface area contributed by atoms with Gasteiger partial charge in [-0.1, -0.05) is 6.07 Å². The highest BCUT2D eigenvalue weighted by molar-refractivity contribution is 7.13. The highest BCUT2D eigenvalue weighted by atomic mass is 32.1. The molecule has 1 fully saturated rings. The van der Waals surface area contributed by atoms with Gasteiger partial charge in [-0.2, -0.15) is 0 Å². The summed E-state index contributed by atoms with van der Waals surface area (Å²) < 4.78 is 0. The Morgan fingerprint density at radius 1 is 1.50 bits per heavy atom. The van der Waals surface area contributed by atoms with Gasteiger partial charge in [0, 0.05) is 50.2 Å². The number of thiazole rings is 1. The van der Waals surface area contributed by atoms with Gasteiger partial charge in [0.25, 0.3) is 0 Å². The Kier molecular flexibility index (Phi) is 5.05. The Morgan fingerprint density at radius 2 is 2.38 bits per heavy atom. The molecule has 1 aliphatic rings. The number of nitrogen functional groups attached to an aromatic ring is 1. The van der Waals surface area contributed by atoms with E-state index in [4.69, 9.17) is 5.73 Å². The predicted molar refractivity (Wildman–Crippen MR) is 91.0 cm³/mol. The van der Waals surface area contributed by atoms with Crippen molar-refractivity contribution < 1.29 is 9.59 Å². The minimum Gasteiger partial charge on any atom is -0.375 e. The molecule has 0 radical (unpaired) electrons. The normalized spacial score (nSPS) is 17.2. The third-order valence-corrected chi connectivity index (χ3v) is 4.65. The van der Waals surface area contributed by atoms with Crippen LogP contribution in [0, 0.1) is 5.92 Å². The number of carbonyl (C=O) groups is 2. The fraction of sp³-hybridized carbons (Fsp3) is 0.375. The van der Waals surface area contributed by atoms with E-state index in [9.17, 15) is 9.59 Å². The number of nitrogens with two attached hydrogens (primary N) is 1. The van der Waals surface area contributed by atoms with Crippen molar-refractivity contribution in [2.75, 3.05) is 18.8 Å². The van der Waals surface area contributed by atoms with Crippen molar-refractivity contribution in [3.05, 3.63) is 41.2 Å². The lowest BCUT2D eigenvalue weighted by Crippen LogP contribution is -2.34. The van der Waals surface area contributed by atoms with Crippen molar-refractivity contribution >= 4 is 28.3 Å². The number of nitrogens with one attached hydrogen (secondary N) is 1. The summed E-state index contributed by atoms with van der Waals surface area (Å²) in [6.07, 6.45) is 4.33. The first-order valence-electron chi connectivity index (χ1n) is 7.76. The van der Waals surface area contributed by atoms with Crippen molar-refractivity contribution in [3.63, 3.8) is 0 Å². The van der Waals surface area contributed by atoms with Gasteiger partial charge < -0.3 is 16.0 Å². The van der Waals surface area contributed by atoms with Gasteiger partial charge in [-0.25, -0.2) is 4.98 Å². The monoisotopic (exact) mass is 345 g/mol. The molecule has 126 valence electrons. The molecule has 3 heterocycles. The predicted octanol–water partition coefficient (Wildman–Crippen LogP) is 0.828. The third-order valence-electron chi connectivity index (χ3n) is 3.93. The number of anilines is 1. The maximum atomic E-state index is 12.2. The summed E-state index contributed by atoms with van der Waals surface area (Å²) in [6, 6.07) is 3.76. The van der Waals surface area contributed by atoms with E-state index in [-0.39, 0.29) is 24.2 Å². The summed E-state index contributed by atoms with van der Waals surface area (Å²) in [5.41, 5.74) is 7.42. The van der Waals surface area contributed by atoms with Crippen molar-refractivity contribution in [3.8, 4) is 0 Å². The van der Waals surface area contributed by atoms with Crippen molar-refractivity contribution in [1.82, 2.24) is 20.2 Å². The van der Waals surface area contributed by atoms with Crippen LogP contribution in [0.2, 0.25) is 0 Å². The lowest BCUT2D eigenvalue weighted by atomic mass is 10.1. The Hall–Kier alpha value is -2.48. The second kappa shape index (κ2) is 7.39. The molecule has 7 nitrogen and oxygen atoms in total. The molecule has 0 aliphatic carbocycles. The molecule has 24 heavy (non-hydrogen) atoms. The van der Waals surface area contributed by atoms with E-state index < -0.39 is 0 Å². The zero-order valence-electron chi connectivity index (χ0n) is 13.1. The SMILES string of the molecule is Nc1nc(CCNC(=O)[C@H]2CC(=O)N(Cc3cccnc3)C2)cs1. The first-order chi connectivity index (χ1) is 11.6. The molecular formula is C16H19N5O2S. The minimum absolute atomic E-state index is 0.00581. The van der Waals surface area contributed by atoms with E-state index >= 15 is 0 Å². The summed E-state index contributed by atoms with van der Waals surface area (Å²) in [6.45, 7) is 1.44. The zero-order valence-corrected chi connectivity index (χ0v) is 14.0. The second-order valence-electron chi connectivity index (χ2n) is 5.75. The van der Waals surface area contributed by atoms with Crippen LogP contribution in [0.1, 0.15) is 17.7 Å². The van der Waals surface area contributed by atoms with Crippen LogP contribution in [-0.2, 0) is 22.6 Å². The fourth-order valence-electron chi connectivity index (χ4n) is 2.71. The number of rotatable bonds is 6. The van der Waals surface area contributed by atoms with E-state index in [1.165, 1.54) is 11.3 Å². The average molecular weight is 345 g/mol. The standard InChI is InChI=1S/C16H19N5O2S/c17-16-20-13(10-24-16)3-5-19-15(23)12-6-14(22)21(9-12)8-11-2-1-4-18-7-11/h1-2,4,7,10,12H,3,5-6,8-9H2,(H2,17,20)(H,19,23)/t12-/m0/s1. The van der Waals surface area contributed by atoms with E-state index in [0.29, 0.717) is 31.2 Å². The van der Waals surface area contributed by atoms with Crippen LogP contribution in [0.3, 0.4) is 0 Å². The second-order valence-corrected chi connectivity index (χ2v) is 6.64. The van der Waals surface area contributed by atoms with Crippen molar-refractivity contribution in [1.29, 1.82) is 0 Å². The number of nitrogens with zero attached hydrogens (tertiary/aromatic N) is 3. The van der Waals surface area contributed by atoms with E-state index in [2.05, 4.69) is 15.3 Å². The molecule has 1 aliphatic heterocycles. The molecular weight excluding hydrogens is 326 g/mol. The Labute approximate surface area is 143 Å². The number of pyridine rings is 1. The molecule has 3 N–H and O–H groups in total. The van der Waals surface area contributed by atoms with Gasteiger partial charge in [-0.05, 0) is 11.6 Å². The van der Waals surface area contributed by atoms with Crippen LogP contribution in [0.15, 0.2) is 29.9 Å². The number of aromatic nitrogens is 2. The summed E-state index contributed by atoms with van der Waals surface area (Å²) in [7, 11) is 0. The molecule has 0 bridgehead atoms. The van der Waals surface area contributed by atoms with Crippen LogP contribution in [0.4, 0.5) is 5.13 Å².